The highest BCUT2D eigenvalue weighted by Crippen LogP contribution is 2.30. The molecule has 1 N–H and O–H groups in total. The molecule has 0 radical (unpaired) electrons. The van der Waals surface area contributed by atoms with Crippen LogP contribution in [-0.2, 0) is 13.6 Å². The molecule has 3 rings (SSSR count). The van der Waals surface area contributed by atoms with E-state index in [1.807, 2.05) is 36.9 Å². The third-order valence-corrected chi connectivity index (χ3v) is 4.78. The average molecular weight is 329 g/mol. The molecule has 0 aliphatic carbocycles. The summed E-state index contributed by atoms with van der Waals surface area (Å²) in [6.45, 7) is 5.49. The highest BCUT2D eigenvalue weighted by atomic mass is 16.5. The number of hydrogen-bond acceptors (Lipinski definition) is 4. The Kier molecular flexibility index (Phi) is 5.53. The van der Waals surface area contributed by atoms with E-state index in [0.29, 0.717) is 6.61 Å². The van der Waals surface area contributed by atoms with E-state index < -0.39 is 6.10 Å². The first-order valence-corrected chi connectivity index (χ1v) is 8.77. The highest BCUT2D eigenvalue weighted by Gasteiger charge is 2.29. The zero-order valence-corrected chi connectivity index (χ0v) is 14.6. The Balaban J connectivity index is 1.67. The number of aromatic nitrogens is 2. The van der Waals surface area contributed by atoms with Gasteiger partial charge in [0, 0.05) is 44.0 Å². The largest absolute Gasteiger partial charge is 0.494 e. The maximum Gasteiger partial charge on any atom is 0.137 e. The molecule has 24 heavy (non-hydrogen) atoms. The standard InChI is InChI=1S/C19H27N3O2/c1-3-24-17-9-5-4-7-15(17)13-22-11-6-8-16(14-22)18(23)19-20-10-12-21(19)2/h4-5,7,9-10,12,16,18,23H,3,6,8,11,13-14H2,1-2H3. The van der Waals surface area contributed by atoms with Crippen LogP contribution in [0.3, 0.4) is 0 Å². The number of likely N-dealkylation sites (tertiary alicyclic amines) is 1. The third-order valence-electron chi connectivity index (χ3n) is 4.78. The maximum absolute atomic E-state index is 10.7. The number of ether oxygens (including phenoxy) is 1. The Bertz CT molecular complexity index is 656. The molecule has 1 aliphatic rings. The van der Waals surface area contributed by atoms with Crippen molar-refractivity contribution in [3.63, 3.8) is 0 Å². The predicted molar refractivity (Wildman–Crippen MR) is 93.8 cm³/mol. The smallest absolute Gasteiger partial charge is 0.137 e. The fourth-order valence-corrected chi connectivity index (χ4v) is 3.54. The number of imidazole rings is 1. The van der Waals surface area contributed by atoms with Gasteiger partial charge in [0.05, 0.1) is 6.61 Å². The van der Waals surface area contributed by atoms with Crippen LogP contribution in [0.4, 0.5) is 0 Å². The lowest BCUT2D eigenvalue weighted by molar-refractivity contribution is 0.0402. The van der Waals surface area contributed by atoms with E-state index in [4.69, 9.17) is 4.74 Å². The molecule has 0 spiro atoms. The minimum Gasteiger partial charge on any atom is -0.494 e. The van der Waals surface area contributed by atoms with Gasteiger partial charge in [0.1, 0.15) is 17.7 Å². The topological polar surface area (TPSA) is 50.5 Å². The van der Waals surface area contributed by atoms with Gasteiger partial charge in [0.15, 0.2) is 0 Å². The van der Waals surface area contributed by atoms with Gasteiger partial charge < -0.3 is 14.4 Å². The zero-order chi connectivity index (χ0) is 16.9. The molecule has 0 bridgehead atoms. The summed E-state index contributed by atoms with van der Waals surface area (Å²) < 4.78 is 7.65. The molecule has 5 nitrogen and oxygen atoms in total. The summed E-state index contributed by atoms with van der Waals surface area (Å²) in [6.07, 6.45) is 5.27. The van der Waals surface area contributed by atoms with E-state index in [1.165, 1.54) is 5.56 Å². The van der Waals surface area contributed by atoms with E-state index >= 15 is 0 Å². The summed E-state index contributed by atoms with van der Waals surface area (Å²) >= 11 is 0. The molecule has 1 saturated heterocycles. The Labute approximate surface area is 143 Å². The fraction of sp³-hybridized carbons (Fsp3) is 0.526. The molecule has 130 valence electrons. The van der Waals surface area contributed by atoms with E-state index in [9.17, 15) is 5.11 Å². The van der Waals surface area contributed by atoms with Crippen molar-refractivity contribution in [2.24, 2.45) is 13.0 Å². The molecule has 1 aromatic carbocycles. The highest BCUT2D eigenvalue weighted by molar-refractivity contribution is 5.33. The van der Waals surface area contributed by atoms with Gasteiger partial charge in [0.2, 0.25) is 0 Å². The summed E-state index contributed by atoms with van der Waals surface area (Å²) in [4.78, 5) is 6.73. The van der Waals surface area contributed by atoms with Crippen molar-refractivity contribution in [1.29, 1.82) is 0 Å². The number of benzene rings is 1. The second-order valence-electron chi connectivity index (χ2n) is 6.52. The summed E-state index contributed by atoms with van der Waals surface area (Å²) in [6, 6.07) is 8.23. The average Bonchev–Trinajstić information content (AvgIpc) is 3.02. The van der Waals surface area contributed by atoms with E-state index in [2.05, 4.69) is 22.0 Å². The van der Waals surface area contributed by atoms with E-state index in [0.717, 1.165) is 44.0 Å². The van der Waals surface area contributed by atoms with Crippen LogP contribution in [0.2, 0.25) is 0 Å². The van der Waals surface area contributed by atoms with Crippen molar-refractivity contribution in [2.45, 2.75) is 32.4 Å². The van der Waals surface area contributed by atoms with Crippen LogP contribution in [0.25, 0.3) is 0 Å². The lowest BCUT2D eigenvalue weighted by Gasteiger charge is -2.35. The number of nitrogens with zero attached hydrogens (tertiary/aromatic N) is 3. The summed E-state index contributed by atoms with van der Waals surface area (Å²) in [7, 11) is 1.94. The number of para-hydroxylation sites is 1. The fourth-order valence-electron chi connectivity index (χ4n) is 3.54. The lowest BCUT2D eigenvalue weighted by atomic mass is 9.91. The van der Waals surface area contributed by atoms with Crippen molar-refractivity contribution in [3.8, 4) is 5.75 Å². The number of piperidine rings is 1. The number of aliphatic hydroxyl groups excluding tert-OH is 1. The van der Waals surface area contributed by atoms with Gasteiger partial charge in [-0.25, -0.2) is 4.98 Å². The quantitative estimate of drug-likeness (QED) is 0.885. The first-order chi connectivity index (χ1) is 11.7. The molecule has 1 aromatic heterocycles. The normalized spacial score (nSPS) is 20.0. The number of rotatable bonds is 6. The molecule has 1 fully saturated rings. The van der Waals surface area contributed by atoms with Crippen molar-refractivity contribution >= 4 is 0 Å². The Hall–Kier alpha value is -1.85. The summed E-state index contributed by atoms with van der Waals surface area (Å²) in [5, 5.41) is 10.7. The van der Waals surface area contributed by atoms with Gasteiger partial charge in [-0.1, -0.05) is 18.2 Å². The van der Waals surface area contributed by atoms with Gasteiger partial charge in [-0.2, -0.15) is 0 Å². The Morgan fingerprint density at radius 1 is 1.38 bits per heavy atom. The predicted octanol–water partition coefficient (Wildman–Crippen LogP) is 2.76. The van der Waals surface area contributed by atoms with Crippen molar-refractivity contribution in [1.82, 2.24) is 14.5 Å². The van der Waals surface area contributed by atoms with Crippen LogP contribution in [0.5, 0.6) is 5.75 Å². The molecular weight excluding hydrogens is 302 g/mol. The van der Waals surface area contributed by atoms with Crippen molar-refractivity contribution in [2.75, 3.05) is 19.7 Å². The lowest BCUT2D eigenvalue weighted by Crippen LogP contribution is -2.38. The molecule has 2 unspecified atom stereocenters. The maximum atomic E-state index is 10.7. The first kappa shape index (κ1) is 17.0. The van der Waals surface area contributed by atoms with Crippen LogP contribution < -0.4 is 4.74 Å². The van der Waals surface area contributed by atoms with Crippen LogP contribution in [0.1, 0.15) is 37.3 Å². The number of aryl methyl sites for hydroxylation is 1. The summed E-state index contributed by atoms with van der Waals surface area (Å²) in [5.41, 5.74) is 1.21. The molecule has 2 atom stereocenters. The van der Waals surface area contributed by atoms with Crippen LogP contribution in [0, 0.1) is 5.92 Å². The number of aliphatic hydroxyl groups is 1. The molecule has 2 heterocycles. The minimum absolute atomic E-state index is 0.221. The molecule has 2 aromatic rings. The van der Waals surface area contributed by atoms with Gasteiger partial charge in [-0.15, -0.1) is 0 Å². The van der Waals surface area contributed by atoms with E-state index in [1.54, 1.807) is 6.20 Å². The number of hydrogen-bond donors (Lipinski definition) is 1. The van der Waals surface area contributed by atoms with Crippen molar-refractivity contribution < 1.29 is 9.84 Å². The zero-order valence-electron chi connectivity index (χ0n) is 14.6. The molecule has 0 saturated carbocycles. The van der Waals surface area contributed by atoms with Crippen LogP contribution in [0.15, 0.2) is 36.7 Å². The second-order valence-corrected chi connectivity index (χ2v) is 6.52. The molecule has 5 heteroatoms. The molecular formula is C19H27N3O2. The van der Waals surface area contributed by atoms with Gasteiger partial charge >= 0.3 is 0 Å². The molecule has 1 aliphatic heterocycles. The van der Waals surface area contributed by atoms with Gasteiger partial charge in [-0.05, 0) is 32.4 Å². The minimum atomic E-state index is -0.505. The van der Waals surface area contributed by atoms with Crippen molar-refractivity contribution in [3.05, 3.63) is 48.0 Å². The molecule has 0 amide bonds. The van der Waals surface area contributed by atoms with Gasteiger partial charge in [-0.3, -0.25) is 4.90 Å². The monoisotopic (exact) mass is 329 g/mol. The van der Waals surface area contributed by atoms with E-state index in [-0.39, 0.29) is 5.92 Å². The van der Waals surface area contributed by atoms with Crippen LogP contribution >= 0.6 is 0 Å². The third kappa shape index (κ3) is 3.79. The summed E-state index contributed by atoms with van der Waals surface area (Å²) in [5.74, 6) is 1.95. The van der Waals surface area contributed by atoms with Gasteiger partial charge in [0.25, 0.3) is 0 Å². The Morgan fingerprint density at radius 2 is 2.21 bits per heavy atom. The Morgan fingerprint density at radius 3 is 2.96 bits per heavy atom. The van der Waals surface area contributed by atoms with Crippen LogP contribution in [-0.4, -0.2) is 39.3 Å². The first-order valence-electron chi connectivity index (χ1n) is 8.77. The second kappa shape index (κ2) is 7.81. The SMILES string of the molecule is CCOc1ccccc1CN1CCCC(C(O)c2nccn2C)C1.